The second-order valence-corrected chi connectivity index (χ2v) is 7.97. The Bertz CT molecular complexity index is 1240. The van der Waals surface area contributed by atoms with Crippen LogP contribution in [-0.2, 0) is 6.54 Å². The maximum atomic E-state index is 12.9. The van der Waals surface area contributed by atoms with Crippen molar-refractivity contribution >= 4 is 11.4 Å². The minimum Gasteiger partial charge on any atom is -0.339 e. The molecule has 1 fully saturated rings. The molecule has 0 aromatic carbocycles. The highest BCUT2D eigenvalue weighted by atomic mass is 16.2. The number of hydrogen-bond acceptors (Lipinski definition) is 4. The molecule has 0 atom stereocenters. The standard InChI is InChI=1S/C24H23N5O2/c30-23-5-4-22(19-6-10-25-11-7-19)26-29(23)16-18-8-13-27(14-9-18)24(31)20-15-21-3-1-2-12-28(21)17-20/h1-7,10-12,15,17-18H,8-9,13-14,16H2. The van der Waals surface area contributed by atoms with Crippen molar-refractivity contribution in [3.63, 3.8) is 0 Å². The van der Waals surface area contributed by atoms with Gasteiger partial charge >= 0.3 is 0 Å². The van der Waals surface area contributed by atoms with Gasteiger partial charge in [0.1, 0.15) is 0 Å². The highest BCUT2D eigenvalue weighted by Crippen LogP contribution is 2.22. The van der Waals surface area contributed by atoms with Crippen LogP contribution in [-0.4, -0.2) is 43.1 Å². The fourth-order valence-corrected chi connectivity index (χ4v) is 4.17. The first-order chi connectivity index (χ1) is 15.2. The quantitative estimate of drug-likeness (QED) is 0.515. The summed E-state index contributed by atoms with van der Waals surface area (Å²) in [5.74, 6) is 0.382. The maximum absolute atomic E-state index is 12.9. The molecule has 1 amide bonds. The number of carbonyl (C=O) groups excluding carboxylic acids is 1. The molecule has 1 aliphatic heterocycles. The lowest BCUT2D eigenvalue weighted by Gasteiger charge is -2.31. The molecular weight excluding hydrogens is 390 g/mol. The molecule has 0 unspecified atom stereocenters. The molecule has 0 bridgehead atoms. The van der Waals surface area contributed by atoms with Crippen LogP contribution in [0.2, 0.25) is 0 Å². The van der Waals surface area contributed by atoms with Gasteiger partial charge in [0, 0.05) is 61.6 Å². The molecule has 4 aromatic rings. The molecule has 156 valence electrons. The van der Waals surface area contributed by atoms with E-state index in [1.54, 1.807) is 29.2 Å². The van der Waals surface area contributed by atoms with Gasteiger partial charge in [-0.05, 0) is 55.2 Å². The summed E-state index contributed by atoms with van der Waals surface area (Å²) in [4.78, 5) is 31.2. The largest absolute Gasteiger partial charge is 0.339 e. The monoisotopic (exact) mass is 413 g/mol. The number of aromatic nitrogens is 4. The molecule has 4 aromatic heterocycles. The molecule has 5 heterocycles. The second kappa shape index (κ2) is 8.18. The van der Waals surface area contributed by atoms with Gasteiger partial charge in [0.2, 0.25) is 0 Å². The van der Waals surface area contributed by atoms with Crippen LogP contribution < -0.4 is 5.56 Å². The van der Waals surface area contributed by atoms with Crippen molar-refractivity contribution in [2.45, 2.75) is 19.4 Å². The number of rotatable bonds is 4. The van der Waals surface area contributed by atoms with Gasteiger partial charge in [0.15, 0.2) is 0 Å². The summed E-state index contributed by atoms with van der Waals surface area (Å²) in [6.07, 6.45) is 8.97. The van der Waals surface area contributed by atoms with Gasteiger partial charge < -0.3 is 9.30 Å². The third-order valence-electron chi connectivity index (χ3n) is 5.93. The highest BCUT2D eigenvalue weighted by molar-refractivity contribution is 5.95. The average Bonchev–Trinajstić information content (AvgIpc) is 3.25. The van der Waals surface area contributed by atoms with Crippen molar-refractivity contribution in [3.05, 3.63) is 89.2 Å². The number of carbonyl (C=O) groups is 1. The van der Waals surface area contributed by atoms with E-state index in [1.807, 2.05) is 58.1 Å². The molecule has 0 saturated carbocycles. The zero-order valence-corrected chi connectivity index (χ0v) is 17.1. The Morgan fingerprint density at radius 3 is 2.61 bits per heavy atom. The molecule has 1 aliphatic rings. The van der Waals surface area contributed by atoms with Gasteiger partial charge in [-0.25, -0.2) is 4.68 Å². The van der Waals surface area contributed by atoms with E-state index in [9.17, 15) is 9.59 Å². The van der Waals surface area contributed by atoms with Crippen molar-refractivity contribution in [2.24, 2.45) is 5.92 Å². The predicted molar refractivity (Wildman–Crippen MR) is 118 cm³/mol. The lowest BCUT2D eigenvalue weighted by Crippen LogP contribution is -2.40. The first-order valence-electron chi connectivity index (χ1n) is 10.5. The van der Waals surface area contributed by atoms with Crippen molar-refractivity contribution in [3.8, 4) is 11.3 Å². The van der Waals surface area contributed by atoms with E-state index >= 15 is 0 Å². The maximum Gasteiger partial charge on any atom is 0.266 e. The predicted octanol–water partition coefficient (Wildman–Crippen LogP) is 3.11. The van der Waals surface area contributed by atoms with Gasteiger partial charge in [-0.2, -0.15) is 5.10 Å². The average molecular weight is 413 g/mol. The Balaban J connectivity index is 1.25. The minimum absolute atomic E-state index is 0.0668. The van der Waals surface area contributed by atoms with Crippen LogP contribution in [0.5, 0.6) is 0 Å². The summed E-state index contributed by atoms with van der Waals surface area (Å²) in [5.41, 5.74) is 3.32. The van der Waals surface area contributed by atoms with E-state index in [2.05, 4.69) is 10.1 Å². The molecule has 7 heteroatoms. The Morgan fingerprint density at radius 1 is 1.03 bits per heavy atom. The normalized spacial score (nSPS) is 14.8. The number of hydrogen-bond donors (Lipinski definition) is 0. The lowest BCUT2D eigenvalue weighted by molar-refractivity contribution is 0.0680. The van der Waals surface area contributed by atoms with Crippen molar-refractivity contribution in [1.29, 1.82) is 0 Å². The number of pyridine rings is 2. The minimum atomic E-state index is -0.100. The molecule has 0 aliphatic carbocycles. The molecule has 0 spiro atoms. The summed E-state index contributed by atoms with van der Waals surface area (Å²) < 4.78 is 3.52. The molecule has 1 saturated heterocycles. The van der Waals surface area contributed by atoms with Crippen LogP contribution in [0, 0.1) is 5.92 Å². The summed E-state index contributed by atoms with van der Waals surface area (Å²) in [6.45, 7) is 1.94. The van der Waals surface area contributed by atoms with Crippen LogP contribution in [0.25, 0.3) is 16.8 Å². The molecule has 0 radical (unpaired) electrons. The Morgan fingerprint density at radius 2 is 1.84 bits per heavy atom. The molecule has 5 rings (SSSR count). The van der Waals surface area contributed by atoms with E-state index in [0.717, 1.165) is 29.6 Å². The highest BCUT2D eigenvalue weighted by Gasteiger charge is 2.25. The summed E-state index contributed by atoms with van der Waals surface area (Å²) in [5, 5.41) is 4.56. The number of piperidine rings is 1. The van der Waals surface area contributed by atoms with Crippen LogP contribution in [0.15, 0.2) is 78.1 Å². The van der Waals surface area contributed by atoms with Crippen LogP contribution >= 0.6 is 0 Å². The molecule has 7 nitrogen and oxygen atoms in total. The van der Waals surface area contributed by atoms with E-state index in [0.29, 0.717) is 31.1 Å². The van der Waals surface area contributed by atoms with Crippen molar-refractivity contribution < 1.29 is 4.79 Å². The van der Waals surface area contributed by atoms with E-state index in [-0.39, 0.29) is 11.5 Å². The zero-order chi connectivity index (χ0) is 21.2. The first-order valence-corrected chi connectivity index (χ1v) is 10.5. The van der Waals surface area contributed by atoms with Gasteiger partial charge in [-0.1, -0.05) is 6.07 Å². The van der Waals surface area contributed by atoms with Gasteiger partial charge in [-0.15, -0.1) is 0 Å². The van der Waals surface area contributed by atoms with Gasteiger partial charge in [0.25, 0.3) is 11.5 Å². The Hall–Kier alpha value is -3.74. The SMILES string of the molecule is O=C(c1cc2ccccn2c1)N1CCC(Cn2nc(-c3ccncc3)ccc2=O)CC1. The summed E-state index contributed by atoms with van der Waals surface area (Å²) in [6, 6.07) is 14.9. The lowest BCUT2D eigenvalue weighted by atomic mass is 9.96. The fraction of sp³-hybridized carbons (Fsp3) is 0.250. The topological polar surface area (TPSA) is 72.5 Å². The number of amides is 1. The smallest absolute Gasteiger partial charge is 0.266 e. The molecule has 0 N–H and O–H groups in total. The Kier molecular flexibility index (Phi) is 5.08. The summed E-state index contributed by atoms with van der Waals surface area (Å²) >= 11 is 0. The number of likely N-dealkylation sites (tertiary alicyclic amines) is 1. The Labute approximate surface area is 179 Å². The fourth-order valence-electron chi connectivity index (χ4n) is 4.17. The van der Waals surface area contributed by atoms with Crippen molar-refractivity contribution in [2.75, 3.05) is 13.1 Å². The zero-order valence-electron chi connectivity index (χ0n) is 17.1. The molecular formula is C24H23N5O2. The van der Waals surface area contributed by atoms with Crippen LogP contribution in [0.1, 0.15) is 23.2 Å². The van der Waals surface area contributed by atoms with E-state index < -0.39 is 0 Å². The van der Waals surface area contributed by atoms with Crippen LogP contribution in [0.4, 0.5) is 0 Å². The molecule has 31 heavy (non-hydrogen) atoms. The van der Waals surface area contributed by atoms with E-state index in [1.165, 1.54) is 0 Å². The third kappa shape index (κ3) is 3.99. The number of nitrogens with zero attached hydrogens (tertiary/aromatic N) is 5. The summed E-state index contributed by atoms with van der Waals surface area (Å²) in [7, 11) is 0. The third-order valence-corrected chi connectivity index (χ3v) is 5.93. The van der Waals surface area contributed by atoms with E-state index in [4.69, 9.17) is 0 Å². The van der Waals surface area contributed by atoms with Gasteiger partial charge in [-0.3, -0.25) is 14.6 Å². The number of fused-ring (bicyclic) bond motifs is 1. The van der Waals surface area contributed by atoms with Crippen LogP contribution in [0.3, 0.4) is 0 Å². The first kappa shape index (κ1) is 19.2. The van der Waals surface area contributed by atoms with Gasteiger partial charge in [0.05, 0.1) is 11.3 Å². The second-order valence-electron chi connectivity index (χ2n) is 7.97. The van der Waals surface area contributed by atoms with Crippen molar-refractivity contribution in [1.82, 2.24) is 24.1 Å².